The molecule has 2 aromatic carbocycles. The Morgan fingerprint density at radius 3 is 2.32 bits per heavy atom. The molecule has 0 aliphatic carbocycles. The van der Waals surface area contributed by atoms with Gasteiger partial charge in [0.25, 0.3) is 10.0 Å². The van der Waals surface area contributed by atoms with Crippen LogP contribution in [0, 0.1) is 0 Å². The number of hydrogen-bond donors (Lipinski definition) is 2. The van der Waals surface area contributed by atoms with Crippen molar-refractivity contribution in [1.82, 2.24) is 0 Å². The van der Waals surface area contributed by atoms with E-state index in [1.54, 1.807) is 30.3 Å². The first kappa shape index (κ1) is 14.0. The van der Waals surface area contributed by atoms with Gasteiger partial charge in [0.15, 0.2) is 0 Å². The van der Waals surface area contributed by atoms with Gasteiger partial charge in [-0.05, 0) is 35.9 Å². The Labute approximate surface area is 120 Å². The number of para-hydroxylation sites is 1. The van der Waals surface area contributed by atoms with Crippen LogP contribution in [0.1, 0.15) is 5.56 Å². The van der Waals surface area contributed by atoms with Crippen LogP contribution in [-0.2, 0) is 16.6 Å². The molecule has 0 heterocycles. The van der Waals surface area contributed by atoms with Gasteiger partial charge in [-0.1, -0.05) is 34.1 Å². The number of nitrogens with one attached hydrogen (secondary N) is 1. The maximum Gasteiger partial charge on any atom is 0.261 e. The minimum Gasteiger partial charge on any atom is -0.326 e. The molecule has 2 aromatic rings. The maximum atomic E-state index is 12.2. The van der Waals surface area contributed by atoms with Crippen LogP contribution in [0.3, 0.4) is 0 Å². The van der Waals surface area contributed by atoms with Crippen LogP contribution >= 0.6 is 15.9 Å². The summed E-state index contributed by atoms with van der Waals surface area (Å²) in [6, 6.07) is 13.5. The third-order valence-corrected chi connectivity index (χ3v) is 4.52. The lowest BCUT2D eigenvalue weighted by molar-refractivity contribution is 0.601. The molecule has 0 aliphatic rings. The minimum absolute atomic E-state index is 0.211. The average molecular weight is 341 g/mol. The number of rotatable bonds is 4. The first-order valence-electron chi connectivity index (χ1n) is 5.59. The Morgan fingerprint density at radius 1 is 1.05 bits per heavy atom. The summed E-state index contributed by atoms with van der Waals surface area (Å²) in [6.07, 6.45) is 0. The molecule has 19 heavy (non-hydrogen) atoms. The number of halogens is 1. The van der Waals surface area contributed by atoms with Gasteiger partial charge in [0, 0.05) is 11.0 Å². The SMILES string of the molecule is NCc1ccccc1NS(=O)(=O)c1ccc(Br)cc1. The Bertz CT molecular complexity index is 669. The molecule has 0 fully saturated rings. The van der Waals surface area contributed by atoms with Crippen molar-refractivity contribution in [2.24, 2.45) is 5.73 Å². The van der Waals surface area contributed by atoms with Gasteiger partial charge in [-0.15, -0.1) is 0 Å². The molecule has 0 amide bonds. The predicted molar refractivity (Wildman–Crippen MR) is 79.3 cm³/mol. The summed E-state index contributed by atoms with van der Waals surface area (Å²) in [7, 11) is -3.59. The maximum absolute atomic E-state index is 12.2. The smallest absolute Gasteiger partial charge is 0.261 e. The van der Waals surface area contributed by atoms with Crippen molar-refractivity contribution < 1.29 is 8.42 Å². The Morgan fingerprint density at radius 2 is 1.68 bits per heavy atom. The van der Waals surface area contributed by atoms with Gasteiger partial charge in [0.2, 0.25) is 0 Å². The highest BCUT2D eigenvalue weighted by Crippen LogP contribution is 2.21. The largest absolute Gasteiger partial charge is 0.326 e. The van der Waals surface area contributed by atoms with Crippen molar-refractivity contribution in [2.45, 2.75) is 11.4 Å². The molecule has 0 saturated carbocycles. The van der Waals surface area contributed by atoms with Crippen LogP contribution in [-0.4, -0.2) is 8.42 Å². The van der Waals surface area contributed by atoms with Crippen molar-refractivity contribution in [1.29, 1.82) is 0 Å². The molecule has 0 atom stereocenters. The molecule has 0 unspecified atom stereocenters. The molecular weight excluding hydrogens is 328 g/mol. The fourth-order valence-electron chi connectivity index (χ4n) is 1.62. The second-order valence-corrected chi connectivity index (χ2v) is 6.52. The number of hydrogen-bond acceptors (Lipinski definition) is 3. The summed E-state index contributed by atoms with van der Waals surface area (Å²) in [4.78, 5) is 0.211. The van der Waals surface area contributed by atoms with E-state index in [2.05, 4.69) is 20.7 Å². The highest BCUT2D eigenvalue weighted by molar-refractivity contribution is 9.10. The Balaban J connectivity index is 2.34. The zero-order valence-corrected chi connectivity index (χ0v) is 12.4. The molecule has 100 valence electrons. The Kier molecular flexibility index (Phi) is 4.24. The quantitative estimate of drug-likeness (QED) is 0.898. The standard InChI is InChI=1S/C13H13BrN2O2S/c14-11-5-7-12(8-6-11)19(17,18)16-13-4-2-1-3-10(13)9-15/h1-8,16H,9,15H2. The number of nitrogens with two attached hydrogens (primary N) is 1. The Hall–Kier alpha value is -1.37. The van der Waals surface area contributed by atoms with Crippen LogP contribution in [0.2, 0.25) is 0 Å². The van der Waals surface area contributed by atoms with Crippen LogP contribution in [0.5, 0.6) is 0 Å². The fourth-order valence-corrected chi connectivity index (χ4v) is 2.98. The van der Waals surface area contributed by atoms with E-state index in [0.717, 1.165) is 10.0 Å². The first-order chi connectivity index (χ1) is 9.03. The molecular formula is C13H13BrN2O2S. The zero-order chi connectivity index (χ0) is 13.9. The van der Waals surface area contributed by atoms with Crippen molar-refractivity contribution >= 4 is 31.6 Å². The van der Waals surface area contributed by atoms with Gasteiger partial charge in [-0.25, -0.2) is 8.42 Å². The van der Waals surface area contributed by atoms with Crippen molar-refractivity contribution in [3.8, 4) is 0 Å². The van der Waals surface area contributed by atoms with Gasteiger partial charge < -0.3 is 5.73 Å². The lowest BCUT2D eigenvalue weighted by Gasteiger charge is -2.11. The van der Waals surface area contributed by atoms with Gasteiger partial charge >= 0.3 is 0 Å². The van der Waals surface area contributed by atoms with Gasteiger partial charge in [-0.2, -0.15) is 0 Å². The topological polar surface area (TPSA) is 72.2 Å². The van der Waals surface area contributed by atoms with Crippen LogP contribution < -0.4 is 10.5 Å². The molecule has 4 nitrogen and oxygen atoms in total. The van der Waals surface area contributed by atoms with Crippen LogP contribution in [0.25, 0.3) is 0 Å². The lowest BCUT2D eigenvalue weighted by Crippen LogP contribution is -2.15. The minimum atomic E-state index is -3.59. The number of benzene rings is 2. The predicted octanol–water partition coefficient (Wildman–Crippen LogP) is 2.71. The first-order valence-corrected chi connectivity index (χ1v) is 7.87. The summed E-state index contributed by atoms with van der Waals surface area (Å²) in [5.74, 6) is 0. The van der Waals surface area contributed by atoms with E-state index in [1.165, 1.54) is 12.1 Å². The molecule has 0 spiro atoms. The summed E-state index contributed by atoms with van der Waals surface area (Å²) in [5, 5.41) is 0. The van der Waals surface area contributed by atoms with E-state index in [9.17, 15) is 8.42 Å². The van der Waals surface area contributed by atoms with Gasteiger partial charge in [0.1, 0.15) is 0 Å². The summed E-state index contributed by atoms with van der Waals surface area (Å²) in [5.41, 5.74) is 6.85. The molecule has 2 rings (SSSR count). The van der Waals surface area contributed by atoms with Gasteiger partial charge in [0.05, 0.1) is 10.6 Å². The van der Waals surface area contributed by atoms with Crippen LogP contribution in [0.15, 0.2) is 57.9 Å². The third-order valence-electron chi connectivity index (χ3n) is 2.61. The molecule has 3 N–H and O–H groups in total. The van der Waals surface area contributed by atoms with Crippen molar-refractivity contribution in [3.63, 3.8) is 0 Å². The highest BCUT2D eigenvalue weighted by atomic mass is 79.9. The molecule has 6 heteroatoms. The summed E-state index contributed by atoms with van der Waals surface area (Å²) < 4.78 is 27.8. The normalized spacial score (nSPS) is 11.3. The molecule has 0 saturated heterocycles. The van der Waals surface area contributed by atoms with E-state index >= 15 is 0 Å². The summed E-state index contributed by atoms with van der Waals surface area (Å²) >= 11 is 3.27. The second kappa shape index (κ2) is 5.73. The molecule has 0 aliphatic heterocycles. The van der Waals surface area contributed by atoms with Gasteiger partial charge in [-0.3, -0.25) is 4.72 Å². The van der Waals surface area contributed by atoms with E-state index in [-0.39, 0.29) is 11.4 Å². The average Bonchev–Trinajstić information content (AvgIpc) is 2.39. The van der Waals surface area contributed by atoms with Crippen LogP contribution in [0.4, 0.5) is 5.69 Å². The molecule has 0 aromatic heterocycles. The lowest BCUT2D eigenvalue weighted by atomic mass is 10.2. The van der Waals surface area contributed by atoms with Crippen molar-refractivity contribution in [3.05, 3.63) is 58.6 Å². The molecule has 0 bridgehead atoms. The number of sulfonamides is 1. The molecule has 0 radical (unpaired) electrons. The summed E-state index contributed by atoms with van der Waals surface area (Å²) in [6.45, 7) is 0.277. The van der Waals surface area contributed by atoms with E-state index in [1.807, 2.05) is 6.07 Å². The third kappa shape index (κ3) is 3.34. The second-order valence-electron chi connectivity index (χ2n) is 3.92. The van der Waals surface area contributed by atoms with E-state index in [0.29, 0.717) is 5.69 Å². The van der Waals surface area contributed by atoms with E-state index < -0.39 is 10.0 Å². The zero-order valence-electron chi connectivity index (χ0n) is 10.0. The number of anilines is 1. The monoisotopic (exact) mass is 340 g/mol. The van der Waals surface area contributed by atoms with Crippen molar-refractivity contribution in [2.75, 3.05) is 4.72 Å². The highest BCUT2D eigenvalue weighted by Gasteiger charge is 2.15. The fraction of sp³-hybridized carbons (Fsp3) is 0.0769. The van der Waals surface area contributed by atoms with E-state index in [4.69, 9.17) is 5.73 Å².